The van der Waals surface area contributed by atoms with Crippen molar-refractivity contribution in [3.05, 3.63) is 110 Å². The molecule has 0 spiro atoms. The van der Waals surface area contributed by atoms with Gasteiger partial charge in [-0.15, -0.1) is 0 Å². The molecular formula is C63H75FN12O16. The Morgan fingerprint density at radius 1 is 0.750 bits per heavy atom. The van der Waals surface area contributed by atoms with Crippen molar-refractivity contribution >= 4 is 81.9 Å². The summed E-state index contributed by atoms with van der Waals surface area (Å²) in [5, 5.41) is 41.9. The number of aliphatic carboxylic acids is 1. The first-order chi connectivity index (χ1) is 44.0. The van der Waals surface area contributed by atoms with E-state index in [0.717, 1.165) is 10.5 Å². The number of unbranched alkanes of at least 4 members (excludes halogenated alkanes) is 3. The zero-order valence-corrected chi connectivity index (χ0v) is 51.0. The van der Waals surface area contributed by atoms with E-state index in [1.165, 1.54) is 22.8 Å². The number of fused-ring (bicyclic) bond motifs is 5. The Balaban J connectivity index is 0.793. The number of nitrogens with one attached hydrogen (secondary N) is 8. The van der Waals surface area contributed by atoms with Gasteiger partial charge in [0, 0.05) is 67.1 Å². The first-order valence-corrected chi connectivity index (χ1v) is 30.6. The number of hydrogen-bond acceptors (Lipinski definition) is 17. The van der Waals surface area contributed by atoms with Crippen molar-refractivity contribution in [1.82, 2.24) is 57.0 Å². The second kappa shape index (κ2) is 30.8. The molecule has 4 aliphatic rings. The number of ether oxygens (including phenoxy) is 1. The third kappa shape index (κ3) is 16.4. The number of pyridine rings is 2. The van der Waals surface area contributed by atoms with E-state index < -0.39 is 132 Å². The monoisotopic (exact) mass is 1270 g/mol. The Morgan fingerprint density at radius 2 is 1.42 bits per heavy atom. The maximum Gasteiger partial charge on any atom is 0.343 e. The molecule has 29 heteroatoms. The summed E-state index contributed by atoms with van der Waals surface area (Å²) in [6.45, 7) is 1.49. The van der Waals surface area contributed by atoms with Crippen LogP contribution >= 0.6 is 0 Å². The van der Waals surface area contributed by atoms with Crippen LogP contribution in [0.5, 0.6) is 0 Å². The first-order valence-electron chi connectivity index (χ1n) is 30.6. The summed E-state index contributed by atoms with van der Waals surface area (Å²) in [7, 11) is 0. The number of carbonyl (C=O) groups excluding carboxylic acids is 11. The molecule has 0 saturated carbocycles. The molecule has 0 bridgehead atoms. The number of cyclic esters (lactones) is 1. The standard InChI is InChI=1S/C63H75FN12O16/c1-3-63(91)39-26-46-57-37(32-76(46)61(89)38(39)33-92-62(63)90)56-41(19-18-36-34(2)40(64)27-43(73-57)55(36)56)70-48(78)17-12-23-66-49(79)29-68-58(86)44(25-35-13-6-4-7-14-35)72-51(81)31-67-50(80)30-69-59(87)45(28-54(84)85)74-60(88)42(15-9-10-22-65)71-47(77)16-8-5-11-24-75-52(82)20-21-53(75)83/h4,6-7,13-14,20-21,26-27,41-42,44-45,91H,3,5,8-12,15-19,22-25,28-33,65H2,1-2H3,(H,66,79)(H,67,80)(H,68,86)(H,69,87)(H,70,78)(H,71,77)(H,72,81)(H,74,88)(H,84,85)/t41-,42-,44-,45-,63-/m0/s1. The normalized spacial score (nSPS) is 16.9. The van der Waals surface area contributed by atoms with Crippen molar-refractivity contribution < 1.29 is 76.9 Å². The first kappa shape index (κ1) is 68.1. The summed E-state index contributed by atoms with van der Waals surface area (Å²) < 4.78 is 22.1. The number of halogens is 1. The van der Waals surface area contributed by atoms with E-state index in [1.54, 1.807) is 50.2 Å². The van der Waals surface area contributed by atoms with Crippen molar-refractivity contribution in [2.24, 2.45) is 5.73 Å². The molecule has 4 aromatic rings. The Bertz CT molecular complexity index is 3670. The van der Waals surface area contributed by atoms with Crippen LogP contribution < -0.4 is 53.8 Å². The topological polar surface area (TPSA) is 415 Å². The molecule has 1 aliphatic carbocycles. The molecule has 92 heavy (non-hydrogen) atoms. The number of nitrogens with zero attached hydrogens (tertiary/aromatic N) is 3. The fourth-order valence-corrected chi connectivity index (χ4v) is 11.7. The minimum absolute atomic E-state index is 0.0158. The van der Waals surface area contributed by atoms with Gasteiger partial charge in [-0.1, -0.05) is 43.7 Å². The molecule has 10 amide bonds. The number of aryl methyl sites for hydroxylation is 1. The number of carbonyl (C=O) groups is 12. The van der Waals surface area contributed by atoms with Gasteiger partial charge in [0.2, 0.25) is 47.3 Å². The minimum Gasteiger partial charge on any atom is -0.481 e. The third-order valence-corrected chi connectivity index (χ3v) is 16.6. The van der Waals surface area contributed by atoms with Gasteiger partial charge in [-0.2, -0.15) is 0 Å². The maximum atomic E-state index is 15.4. The van der Waals surface area contributed by atoms with Crippen LogP contribution in [-0.2, 0) is 93.9 Å². The molecule has 5 heterocycles. The molecule has 5 atom stereocenters. The highest BCUT2D eigenvalue weighted by Crippen LogP contribution is 2.46. The lowest BCUT2D eigenvalue weighted by Crippen LogP contribution is -2.55. The molecule has 490 valence electrons. The maximum absolute atomic E-state index is 15.4. The predicted octanol–water partition coefficient (Wildman–Crippen LogP) is -0.338. The van der Waals surface area contributed by atoms with E-state index >= 15 is 4.39 Å². The van der Waals surface area contributed by atoms with Gasteiger partial charge in [-0.25, -0.2) is 14.2 Å². The van der Waals surface area contributed by atoms with Crippen LogP contribution in [0.2, 0.25) is 0 Å². The lowest BCUT2D eigenvalue weighted by molar-refractivity contribution is -0.172. The van der Waals surface area contributed by atoms with Crippen molar-refractivity contribution in [2.45, 2.75) is 147 Å². The average Bonchev–Trinajstić information content (AvgIpc) is 1.48. The fourth-order valence-electron chi connectivity index (χ4n) is 11.7. The fraction of sp³-hybridized carbons (Fsp3) is 0.460. The van der Waals surface area contributed by atoms with Crippen LogP contribution in [0.4, 0.5) is 4.39 Å². The van der Waals surface area contributed by atoms with Crippen LogP contribution in [0.1, 0.15) is 129 Å². The second-order valence-corrected chi connectivity index (χ2v) is 23.0. The molecule has 0 fully saturated rings. The number of aliphatic hydroxyl groups is 1. The number of esters is 1. The van der Waals surface area contributed by atoms with Crippen molar-refractivity contribution in [2.75, 3.05) is 39.3 Å². The van der Waals surface area contributed by atoms with E-state index in [1.807, 2.05) is 0 Å². The number of aromatic nitrogens is 2. The van der Waals surface area contributed by atoms with Crippen molar-refractivity contribution in [3.63, 3.8) is 0 Å². The SMILES string of the molecule is CC[C@@]1(O)C(=O)OCc2c1cc1n(c2=O)Cc2c-1nc1cc(F)c(C)c3c1c2[C@@H](NC(=O)CCCNC(=O)CNC(=O)[C@H](Cc1ccccc1)NC(=O)CNC(=O)CNC(=O)[C@H](CC(=O)O)NC(=O)[C@H](CCCCN)NC(=O)CCCCCN1C(=O)C=CC1=O)CC3. The average molecular weight is 1280 g/mol. The number of amides is 10. The quantitative estimate of drug-likeness (QED) is 0.0149. The van der Waals surface area contributed by atoms with Gasteiger partial charge in [-0.05, 0) is 99.6 Å². The molecule has 0 saturated heterocycles. The van der Waals surface area contributed by atoms with E-state index in [2.05, 4.69) is 42.5 Å². The van der Waals surface area contributed by atoms with Crippen LogP contribution in [0.3, 0.4) is 0 Å². The lowest BCUT2D eigenvalue weighted by atomic mass is 9.81. The second-order valence-electron chi connectivity index (χ2n) is 23.0. The van der Waals surface area contributed by atoms with Crippen LogP contribution in [0.25, 0.3) is 22.3 Å². The summed E-state index contributed by atoms with van der Waals surface area (Å²) in [4.78, 5) is 174. The molecule has 8 rings (SSSR count). The molecule has 12 N–H and O–H groups in total. The third-order valence-electron chi connectivity index (χ3n) is 16.6. The zero-order valence-electron chi connectivity index (χ0n) is 51.0. The molecule has 3 aliphatic heterocycles. The highest BCUT2D eigenvalue weighted by atomic mass is 19.1. The number of hydrogen-bond donors (Lipinski definition) is 11. The highest BCUT2D eigenvalue weighted by molar-refractivity contribution is 6.13. The zero-order chi connectivity index (χ0) is 66.4. The van der Waals surface area contributed by atoms with Gasteiger partial charge in [-0.3, -0.25) is 62.4 Å². The number of carboxylic acids is 1. The van der Waals surface area contributed by atoms with E-state index in [0.29, 0.717) is 89.5 Å². The molecule has 2 aromatic heterocycles. The van der Waals surface area contributed by atoms with Crippen molar-refractivity contribution in [1.29, 1.82) is 0 Å². The molecule has 2 aromatic carbocycles. The Morgan fingerprint density at radius 3 is 2.12 bits per heavy atom. The van der Waals surface area contributed by atoms with Gasteiger partial charge < -0.3 is 67.8 Å². The van der Waals surface area contributed by atoms with Gasteiger partial charge in [0.25, 0.3) is 17.4 Å². The summed E-state index contributed by atoms with van der Waals surface area (Å²) in [6, 6.07) is 6.71. The van der Waals surface area contributed by atoms with Crippen LogP contribution in [0.15, 0.2) is 59.4 Å². The highest BCUT2D eigenvalue weighted by Gasteiger charge is 2.46. The van der Waals surface area contributed by atoms with E-state index in [4.69, 9.17) is 15.5 Å². The number of benzene rings is 2. The lowest BCUT2D eigenvalue weighted by Gasteiger charge is -2.31. The minimum atomic E-state index is -2.06. The van der Waals surface area contributed by atoms with Crippen LogP contribution in [-0.4, -0.2) is 153 Å². The Hall–Kier alpha value is -9.77. The number of imide groups is 1. The molecular weight excluding hydrogens is 1200 g/mol. The summed E-state index contributed by atoms with van der Waals surface area (Å²) in [6.07, 6.45) is 4.52. The smallest absolute Gasteiger partial charge is 0.343 e. The predicted molar refractivity (Wildman–Crippen MR) is 325 cm³/mol. The molecule has 28 nitrogen and oxygen atoms in total. The van der Waals surface area contributed by atoms with Gasteiger partial charge in [0.15, 0.2) is 5.60 Å². The van der Waals surface area contributed by atoms with Crippen LogP contribution in [0, 0.1) is 12.7 Å². The van der Waals surface area contributed by atoms with Crippen molar-refractivity contribution in [3.8, 4) is 11.4 Å². The number of nitrogens with two attached hydrogens (primary N) is 1. The van der Waals surface area contributed by atoms with Gasteiger partial charge in [0.1, 0.15) is 30.5 Å². The number of carboxylic acid groups (broad SMARTS) is 1. The molecule has 0 radical (unpaired) electrons. The van der Waals surface area contributed by atoms with E-state index in [-0.39, 0.29) is 88.3 Å². The Labute approximate surface area is 526 Å². The largest absolute Gasteiger partial charge is 0.481 e. The van der Waals surface area contributed by atoms with Gasteiger partial charge in [0.05, 0.1) is 61.1 Å². The summed E-state index contributed by atoms with van der Waals surface area (Å²) in [5.41, 5.74) is 7.43. The summed E-state index contributed by atoms with van der Waals surface area (Å²) >= 11 is 0. The number of rotatable bonds is 32. The molecule has 0 unspecified atom stereocenters. The van der Waals surface area contributed by atoms with E-state index in [9.17, 15) is 72.5 Å². The summed E-state index contributed by atoms with van der Waals surface area (Å²) in [5.74, 6) is -9.59. The van der Waals surface area contributed by atoms with Gasteiger partial charge >= 0.3 is 11.9 Å². The Kier molecular flexibility index (Phi) is 22.8.